The zero-order valence-corrected chi connectivity index (χ0v) is 11.6. The van der Waals surface area contributed by atoms with Crippen molar-refractivity contribution in [2.45, 2.75) is 26.3 Å². The van der Waals surface area contributed by atoms with Crippen molar-refractivity contribution < 1.29 is 9.47 Å². The topological polar surface area (TPSA) is 56.5 Å². The van der Waals surface area contributed by atoms with Crippen molar-refractivity contribution in [1.82, 2.24) is 5.32 Å². The smallest absolute Gasteiger partial charge is 0.129 e. The molecule has 4 nitrogen and oxygen atoms in total. The first-order valence-corrected chi connectivity index (χ1v) is 6.35. The lowest BCUT2D eigenvalue weighted by Crippen LogP contribution is -2.16. The van der Waals surface area contributed by atoms with Gasteiger partial charge < -0.3 is 20.5 Å². The van der Waals surface area contributed by atoms with Crippen molar-refractivity contribution in [3.05, 3.63) is 23.3 Å². The second-order valence-electron chi connectivity index (χ2n) is 4.26. The van der Waals surface area contributed by atoms with Gasteiger partial charge in [0.1, 0.15) is 11.5 Å². The van der Waals surface area contributed by atoms with Crippen LogP contribution in [-0.2, 0) is 6.54 Å². The highest BCUT2D eigenvalue weighted by Crippen LogP contribution is 2.31. The van der Waals surface area contributed by atoms with Crippen molar-refractivity contribution in [1.29, 1.82) is 0 Å². The Morgan fingerprint density at radius 2 is 1.94 bits per heavy atom. The van der Waals surface area contributed by atoms with Crippen LogP contribution < -0.4 is 20.5 Å². The average Bonchev–Trinajstić information content (AvgIpc) is 2.39. The summed E-state index contributed by atoms with van der Waals surface area (Å²) in [5, 5.41) is 3.40. The molecule has 0 saturated heterocycles. The Morgan fingerprint density at radius 3 is 2.56 bits per heavy atom. The van der Waals surface area contributed by atoms with E-state index < -0.39 is 0 Å². The fourth-order valence-corrected chi connectivity index (χ4v) is 1.99. The Kier molecular flexibility index (Phi) is 6.54. The minimum absolute atomic E-state index is 0.757. The van der Waals surface area contributed by atoms with Crippen LogP contribution in [0.5, 0.6) is 11.5 Å². The summed E-state index contributed by atoms with van der Waals surface area (Å²) in [4.78, 5) is 0. The molecule has 4 heteroatoms. The molecule has 0 saturated carbocycles. The van der Waals surface area contributed by atoms with Gasteiger partial charge in [0.25, 0.3) is 0 Å². The van der Waals surface area contributed by atoms with Gasteiger partial charge in [-0.15, -0.1) is 0 Å². The van der Waals surface area contributed by atoms with Gasteiger partial charge in [-0.25, -0.2) is 0 Å². The minimum Gasteiger partial charge on any atom is -0.496 e. The molecular formula is C14H24N2O2. The van der Waals surface area contributed by atoms with E-state index in [0.717, 1.165) is 55.1 Å². The summed E-state index contributed by atoms with van der Waals surface area (Å²) >= 11 is 0. The Labute approximate surface area is 109 Å². The Hall–Kier alpha value is -1.26. The van der Waals surface area contributed by atoms with Gasteiger partial charge in [-0.1, -0.05) is 6.07 Å². The first-order chi connectivity index (χ1) is 8.74. The number of hydrogen-bond donors (Lipinski definition) is 2. The van der Waals surface area contributed by atoms with E-state index in [1.54, 1.807) is 14.2 Å². The number of nitrogens with one attached hydrogen (secondary N) is 1. The van der Waals surface area contributed by atoms with Gasteiger partial charge in [0, 0.05) is 17.7 Å². The zero-order valence-electron chi connectivity index (χ0n) is 11.6. The maximum Gasteiger partial charge on any atom is 0.129 e. The number of ether oxygens (including phenoxy) is 2. The van der Waals surface area contributed by atoms with Crippen LogP contribution in [0.2, 0.25) is 0 Å². The van der Waals surface area contributed by atoms with Crippen LogP contribution in [0.4, 0.5) is 0 Å². The molecule has 18 heavy (non-hydrogen) atoms. The van der Waals surface area contributed by atoms with E-state index in [1.165, 1.54) is 0 Å². The lowest BCUT2D eigenvalue weighted by Gasteiger charge is -2.14. The van der Waals surface area contributed by atoms with Gasteiger partial charge >= 0.3 is 0 Å². The summed E-state index contributed by atoms with van der Waals surface area (Å²) in [5.74, 6) is 1.76. The molecule has 0 aromatic heterocycles. The van der Waals surface area contributed by atoms with Crippen LogP contribution in [0.1, 0.15) is 24.0 Å². The van der Waals surface area contributed by atoms with E-state index in [2.05, 4.69) is 5.32 Å². The number of benzene rings is 1. The highest BCUT2D eigenvalue weighted by atomic mass is 16.5. The standard InChI is InChI=1S/C14H24N2O2/c1-11-13(17-2)7-6-12(14(11)18-3)10-16-9-5-4-8-15/h6-7,16H,4-5,8-10,15H2,1-3H3. The molecule has 0 atom stereocenters. The highest BCUT2D eigenvalue weighted by Gasteiger charge is 2.10. The van der Waals surface area contributed by atoms with E-state index in [4.69, 9.17) is 15.2 Å². The fraction of sp³-hybridized carbons (Fsp3) is 0.571. The van der Waals surface area contributed by atoms with Crippen LogP contribution in [-0.4, -0.2) is 27.3 Å². The lowest BCUT2D eigenvalue weighted by molar-refractivity contribution is 0.384. The predicted molar refractivity (Wildman–Crippen MR) is 74.3 cm³/mol. The summed E-state index contributed by atoms with van der Waals surface area (Å²) in [5.41, 5.74) is 7.66. The molecule has 1 aromatic carbocycles. The fourth-order valence-electron chi connectivity index (χ4n) is 1.99. The van der Waals surface area contributed by atoms with Gasteiger partial charge in [0.05, 0.1) is 14.2 Å². The van der Waals surface area contributed by atoms with Gasteiger partial charge in [-0.3, -0.25) is 0 Å². The largest absolute Gasteiger partial charge is 0.496 e. The SMILES string of the molecule is COc1ccc(CNCCCCN)c(OC)c1C. The summed E-state index contributed by atoms with van der Waals surface area (Å²) in [6.45, 7) is 4.55. The Balaban J connectivity index is 2.62. The zero-order chi connectivity index (χ0) is 13.4. The molecule has 0 heterocycles. The molecule has 1 rings (SSSR count). The molecule has 0 aliphatic rings. The maximum atomic E-state index is 5.46. The first-order valence-electron chi connectivity index (χ1n) is 6.35. The van der Waals surface area contributed by atoms with Crippen molar-refractivity contribution in [3.63, 3.8) is 0 Å². The quantitative estimate of drug-likeness (QED) is 0.693. The average molecular weight is 252 g/mol. The van der Waals surface area contributed by atoms with Crippen LogP contribution >= 0.6 is 0 Å². The summed E-state index contributed by atoms with van der Waals surface area (Å²) in [7, 11) is 3.37. The Morgan fingerprint density at radius 1 is 1.17 bits per heavy atom. The van der Waals surface area contributed by atoms with E-state index in [-0.39, 0.29) is 0 Å². The third-order valence-corrected chi connectivity index (χ3v) is 2.98. The molecule has 0 amide bonds. The summed E-state index contributed by atoms with van der Waals surface area (Å²) in [6, 6.07) is 4.02. The molecule has 3 N–H and O–H groups in total. The molecule has 0 spiro atoms. The van der Waals surface area contributed by atoms with Crippen LogP contribution in [0.15, 0.2) is 12.1 Å². The number of methoxy groups -OCH3 is 2. The van der Waals surface area contributed by atoms with Gasteiger partial charge in [-0.2, -0.15) is 0 Å². The van der Waals surface area contributed by atoms with Gasteiger partial charge in [0.2, 0.25) is 0 Å². The predicted octanol–water partition coefficient (Wildman–Crippen LogP) is 1.84. The van der Waals surface area contributed by atoms with Gasteiger partial charge in [0.15, 0.2) is 0 Å². The van der Waals surface area contributed by atoms with Crippen molar-refractivity contribution in [2.75, 3.05) is 27.3 Å². The molecule has 0 unspecified atom stereocenters. The van der Waals surface area contributed by atoms with Crippen molar-refractivity contribution in [3.8, 4) is 11.5 Å². The van der Waals surface area contributed by atoms with Crippen LogP contribution in [0.25, 0.3) is 0 Å². The molecule has 0 aliphatic carbocycles. The monoisotopic (exact) mass is 252 g/mol. The number of rotatable bonds is 8. The normalized spacial score (nSPS) is 10.4. The maximum absolute atomic E-state index is 5.46. The molecule has 0 bridgehead atoms. The first kappa shape index (κ1) is 14.8. The van der Waals surface area contributed by atoms with Crippen LogP contribution in [0.3, 0.4) is 0 Å². The minimum atomic E-state index is 0.757. The van der Waals surface area contributed by atoms with Gasteiger partial charge in [-0.05, 0) is 38.9 Å². The molecule has 102 valence electrons. The van der Waals surface area contributed by atoms with Crippen molar-refractivity contribution >= 4 is 0 Å². The molecule has 0 aliphatic heterocycles. The summed E-state index contributed by atoms with van der Waals surface area (Å²) < 4.78 is 10.7. The van der Waals surface area contributed by atoms with E-state index in [1.807, 2.05) is 19.1 Å². The third kappa shape index (κ3) is 3.89. The highest BCUT2D eigenvalue weighted by molar-refractivity contribution is 5.49. The molecule has 1 aromatic rings. The molecule has 0 fully saturated rings. The third-order valence-electron chi connectivity index (χ3n) is 2.98. The number of unbranched alkanes of at least 4 members (excludes halogenated alkanes) is 1. The molecule has 0 radical (unpaired) electrons. The number of hydrogen-bond acceptors (Lipinski definition) is 4. The van der Waals surface area contributed by atoms with Crippen molar-refractivity contribution in [2.24, 2.45) is 5.73 Å². The molecular weight excluding hydrogens is 228 g/mol. The lowest BCUT2D eigenvalue weighted by atomic mass is 10.1. The Bertz CT molecular complexity index is 367. The second kappa shape index (κ2) is 7.95. The number of nitrogens with two attached hydrogens (primary N) is 1. The summed E-state index contributed by atoms with van der Waals surface area (Å²) in [6.07, 6.45) is 2.17. The van der Waals surface area contributed by atoms with E-state index >= 15 is 0 Å². The van der Waals surface area contributed by atoms with Crippen LogP contribution in [0, 0.1) is 6.92 Å². The van der Waals surface area contributed by atoms with E-state index in [0.29, 0.717) is 0 Å². The second-order valence-corrected chi connectivity index (χ2v) is 4.26. The van der Waals surface area contributed by atoms with E-state index in [9.17, 15) is 0 Å².